The Morgan fingerprint density at radius 1 is 1.41 bits per heavy atom. The van der Waals surface area contributed by atoms with Crippen LogP contribution in [0, 0.1) is 0 Å². The summed E-state index contributed by atoms with van der Waals surface area (Å²) in [6.45, 7) is 5.20. The maximum atomic E-state index is 6.10. The van der Waals surface area contributed by atoms with E-state index in [4.69, 9.17) is 11.6 Å². The van der Waals surface area contributed by atoms with E-state index in [0.717, 1.165) is 30.8 Å². The topological polar surface area (TPSA) is 41.1 Å². The van der Waals surface area contributed by atoms with Crippen molar-refractivity contribution in [1.29, 1.82) is 0 Å². The molecule has 1 rings (SSSR count). The molecular formula is C12H21ClN4. The lowest BCUT2D eigenvalue weighted by molar-refractivity contribution is 0.391. The van der Waals surface area contributed by atoms with Crippen molar-refractivity contribution in [3.63, 3.8) is 0 Å². The molecule has 4 nitrogen and oxygen atoms in total. The summed E-state index contributed by atoms with van der Waals surface area (Å²) in [6.07, 6.45) is 3.44. The Bertz CT molecular complexity index is 354. The SMILES string of the molecule is CCCc1c(Cl)ncnc1NC(C)CN(C)C. The Kier molecular flexibility index (Phi) is 5.65. The number of nitrogens with zero attached hydrogens (tertiary/aromatic N) is 3. The zero-order valence-corrected chi connectivity index (χ0v) is 11.8. The number of likely N-dealkylation sites (N-methyl/N-ethyl adjacent to an activating group) is 1. The van der Waals surface area contributed by atoms with E-state index in [2.05, 4.69) is 48.1 Å². The summed E-state index contributed by atoms with van der Waals surface area (Å²) in [6, 6.07) is 0.326. The zero-order chi connectivity index (χ0) is 12.8. The van der Waals surface area contributed by atoms with Gasteiger partial charge in [0, 0.05) is 18.2 Å². The molecule has 0 amide bonds. The van der Waals surface area contributed by atoms with Gasteiger partial charge in [-0.15, -0.1) is 0 Å². The molecule has 1 aromatic heterocycles. The molecule has 96 valence electrons. The zero-order valence-electron chi connectivity index (χ0n) is 11.0. The summed E-state index contributed by atoms with van der Waals surface area (Å²) < 4.78 is 0. The summed E-state index contributed by atoms with van der Waals surface area (Å²) in [5, 5.41) is 3.95. The predicted molar refractivity (Wildman–Crippen MR) is 72.7 cm³/mol. The van der Waals surface area contributed by atoms with Gasteiger partial charge in [-0.1, -0.05) is 24.9 Å². The Hall–Kier alpha value is -0.870. The minimum atomic E-state index is 0.326. The summed E-state index contributed by atoms with van der Waals surface area (Å²) in [4.78, 5) is 10.4. The average molecular weight is 257 g/mol. The first-order valence-corrected chi connectivity index (χ1v) is 6.33. The fourth-order valence-electron chi connectivity index (χ4n) is 1.81. The number of aromatic nitrogens is 2. The van der Waals surface area contributed by atoms with Crippen molar-refractivity contribution in [2.75, 3.05) is 26.0 Å². The summed E-state index contributed by atoms with van der Waals surface area (Å²) in [7, 11) is 4.11. The van der Waals surface area contributed by atoms with Gasteiger partial charge in [0.15, 0.2) is 0 Å². The third-order valence-corrected chi connectivity index (χ3v) is 2.74. The Morgan fingerprint density at radius 2 is 2.12 bits per heavy atom. The lowest BCUT2D eigenvalue weighted by atomic mass is 10.2. The van der Waals surface area contributed by atoms with Gasteiger partial charge in [-0.2, -0.15) is 0 Å². The first-order chi connectivity index (χ1) is 8.04. The third kappa shape index (κ3) is 4.48. The van der Waals surface area contributed by atoms with Gasteiger partial charge in [-0.3, -0.25) is 0 Å². The van der Waals surface area contributed by atoms with Gasteiger partial charge in [-0.25, -0.2) is 9.97 Å². The van der Waals surface area contributed by atoms with Crippen LogP contribution < -0.4 is 5.32 Å². The molecule has 5 heteroatoms. The molecule has 0 fully saturated rings. The molecule has 1 heterocycles. The Balaban J connectivity index is 2.79. The van der Waals surface area contributed by atoms with E-state index in [0.29, 0.717) is 11.2 Å². The molecule has 1 unspecified atom stereocenters. The molecular weight excluding hydrogens is 236 g/mol. The molecule has 0 aliphatic carbocycles. The second kappa shape index (κ2) is 6.77. The van der Waals surface area contributed by atoms with Gasteiger partial charge in [0.25, 0.3) is 0 Å². The lowest BCUT2D eigenvalue weighted by Crippen LogP contribution is -2.30. The molecule has 1 aromatic rings. The van der Waals surface area contributed by atoms with Crippen LogP contribution in [0.1, 0.15) is 25.8 Å². The highest BCUT2D eigenvalue weighted by atomic mass is 35.5. The van der Waals surface area contributed by atoms with Crippen molar-refractivity contribution in [3.05, 3.63) is 17.0 Å². The normalized spacial score (nSPS) is 12.8. The van der Waals surface area contributed by atoms with E-state index in [1.165, 1.54) is 6.33 Å². The van der Waals surface area contributed by atoms with Gasteiger partial charge < -0.3 is 10.2 Å². The van der Waals surface area contributed by atoms with E-state index >= 15 is 0 Å². The molecule has 0 radical (unpaired) electrons. The van der Waals surface area contributed by atoms with Crippen molar-refractivity contribution in [2.24, 2.45) is 0 Å². The van der Waals surface area contributed by atoms with Crippen LogP contribution in [0.25, 0.3) is 0 Å². The van der Waals surface area contributed by atoms with E-state index in [-0.39, 0.29) is 0 Å². The largest absolute Gasteiger partial charge is 0.366 e. The van der Waals surface area contributed by atoms with Crippen LogP contribution in [0.15, 0.2) is 6.33 Å². The smallest absolute Gasteiger partial charge is 0.137 e. The lowest BCUT2D eigenvalue weighted by Gasteiger charge is -2.20. The fourth-order valence-corrected chi connectivity index (χ4v) is 2.04. The summed E-state index contributed by atoms with van der Waals surface area (Å²) >= 11 is 6.10. The average Bonchev–Trinajstić information content (AvgIpc) is 2.22. The minimum Gasteiger partial charge on any atom is -0.366 e. The highest BCUT2D eigenvalue weighted by molar-refractivity contribution is 6.30. The molecule has 0 bridgehead atoms. The van der Waals surface area contributed by atoms with Crippen LogP contribution in [-0.4, -0.2) is 41.5 Å². The van der Waals surface area contributed by atoms with E-state index in [1.54, 1.807) is 0 Å². The van der Waals surface area contributed by atoms with Gasteiger partial charge in [-0.05, 0) is 27.4 Å². The molecule has 0 saturated heterocycles. The van der Waals surface area contributed by atoms with Crippen LogP contribution in [0.4, 0.5) is 5.82 Å². The Labute approximate surface area is 108 Å². The number of halogens is 1. The predicted octanol–water partition coefficient (Wildman–Crippen LogP) is 2.44. The van der Waals surface area contributed by atoms with Crippen LogP contribution in [-0.2, 0) is 6.42 Å². The van der Waals surface area contributed by atoms with Gasteiger partial charge >= 0.3 is 0 Å². The first-order valence-electron chi connectivity index (χ1n) is 5.95. The van der Waals surface area contributed by atoms with Crippen LogP contribution in [0.5, 0.6) is 0 Å². The monoisotopic (exact) mass is 256 g/mol. The van der Waals surface area contributed by atoms with Crippen molar-refractivity contribution in [3.8, 4) is 0 Å². The van der Waals surface area contributed by atoms with Crippen molar-refractivity contribution >= 4 is 17.4 Å². The second-order valence-electron chi connectivity index (χ2n) is 4.55. The highest BCUT2D eigenvalue weighted by Gasteiger charge is 2.11. The van der Waals surface area contributed by atoms with Crippen LogP contribution in [0.2, 0.25) is 5.15 Å². The van der Waals surface area contributed by atoms with Gasteiger partial charge in [0.1, 0.15) is 17.3 Å². The highest BCUT2D eigenvalue weighted by Crippen LogP contribution is 2.21. The molecule has 0 saturated carbocycles. The van der Waals surface area contributed by atoms with Gasteiger partial charge in [0.05, 0.1) is 0 Å². The number of rotatable bonds is 6. The third-order valence-electron chi connectivity index (χ3n) is 2.41. The second-order valence-corrected chi connectivity index (χ2v) is 4.91. The summed E-state index contributed by atoms with van der Waals surface area (Å²) in [5.74, 6) is 0.862. The Morgan fingerprint density at radius 3 is 2.71 bits per heavy atom. The van der Waals surface area contributed by atoms with Crippen molar-refractivity contribution in [2.45, 2.75) is 32.7 Å². The maximum Gasteiger partial charge on any atom is 0.137 e. The van der Waals surface area contributed by atoms with Crippen LogP contribution in [0.3, 0.4) is 0 Å². The van der Waals surface area contributed by atoms with Gasteiger partial charge in [0.2, 0.25) is 0 Å². The molecule has 0 spiro atoms. The van der Waals surface area contributed by atoms with Crippen molar-refractivity contribution in [1.82, 2.24) is 14.9 Å². The number of anilines is 1. The number of nitrogens with one attached hydrogen (secondary N) is 1. The van der Waals surface area contributed by atoms with E-state index < -0.39 is 0 Å². The summed E-state index contributed by atoms with van der Waals surface area (Å²) in [5.41, 5.74) is 1.02. The number of hydrogen-bond donors (Lipinski definition) is 1. The first kappa shape index (κ1) is 14.2. The maximum absolute atomic E-state index is 6.10. The van der Waals surface area contributed by atoms with E-state index in [9.17, 15) is 0 Å². The molecule has 17 heavy (non-hydrogen) atoms. The molecule has 0 aliphatic heterocycles. The number of hydrogen-bond acceptors (Lipinski definition) is 4. The van der Waals surface area contributed by atoms with Crippen LogP contribution >= 0.6 is 11.6 Å². The molecule has 1 atom stereocenters. The van der Waals surface area contributed by atoms with E-state index in [1.807, 2.05) is 0 Å². The van der Waals surface area contributed by atoms with Crippen molar-refractivity contribution < 1.29 is 0 Å². The minimum absolute atomic E-state index is 0.326. The quantitative estimate of drug-likeness (QED) is 0.794. The molecule has 0 aliphatic rings. The standard InChI is InChI=1S/C12H21ClN4/c1-5-6-10-11(13)14-8-15-12(10)16-9(2)7-17(3)4/h8-9H,5-7H2,1-4H3,(H,14,15,16). The molecule has 0 aromatic carbocycles. The fraction of sp³-hybridized carbons (Fsp3) is 0.667. The molecule has 1 N–H and O–H groups in total.